The van der Waals surface area contributed by atoms with Crippen LogP contribution in [-0.4, -0.2) is 28.9 Å². The zero-order valence-electron chi connectivity index (χ0n) is 19.0. The van der Waals surface area contributed by atoms with Crippen molar-refractivity contribution in [2.75, 3.05) is 13.1 Å². The van der Waals surface area contributed by atoms with E-state index in [-0.39, 0.29) is 5.91 Å². The summed E-state index contributed by atoms with van der Waals surface area (Å²) in [5.74, 6) is 0.0875. The van der Waals surface area contributed by atoms with E-state index in [1.165, 1.54) is 17.7 Å². The Morgan fingerprint density at radius 2 is 1.81 bits per heavy atom. The van der Waals surface area contributed by atoms with Crippen molar-refractivity contribution in [3.05, 3.63) is 63.6 Å². The number of piperidine rings is 1. The average molecular weight is 467 g/mol. The summed E-state index contributed by atoms with van der Waals surface area (Å²) in [5.41, 5.74) is 6.28. The molecule has 0 saturated carbocycles. The van der Waals surface area contributed by atoms with Crippen LogP contribution in [0.25, 0.3) is 21.7 Å². The molecule has 0 bridgehead atoms. The van der Waals surface area contributed by atoms with E-state index in [0.29, 0.717) is 10.6 Å². The normalized spacial score (nSPS) is 14.0. The van der Waals surface area contributed by atoms with E-state index >= 15 is 0 Å². The Morgan fingerprint density at radius 3 is 2.53 bits per heavy atom. The van der Waals surface area contributed by atoms with Crippen LogP contribution in [0.1, 0.15) is 67.6 Å². The van der Waals surface area contributed by atoms with Crippen molar-refractivity contribution in [2.24, 2.45) is 0 Å². The number of aromatic nitrogens is 1. The molecule has 32 heavy (non-hydrogen) atoms. The Morgan fingerprint density at radius 1 is 1.03 bits per heavy atom. The van der Waals surface area contributed by atoms with Crippen LogP contribution < -0.4 is 0 Å². The second-order valence-electron chi connectivity index (χ2n) is 8.60. The summed E-state index contributed by atoms with van der Waals surface area (Å²) < 4.78 is 0. The van der Waals surface area contributed by atoms with Crippen LogP contribution in [0.2, 0.25) is 5.02 Å². The number of benzene rings is 1. The topological polar surface area (TPSA) is 33.2 Å². The van der Waals surface area contributed by atoms with Crippen molar-refractivity contribution in [2.45, 2.75) is 58.8 Å². The number of aryl methyl sites for hydroxylation is 2. The zero-order chi connectivity index (χ0) is 22.5. The van der Waals surface area contributed by atoms with Crippen LogP contribution in [0, 0.1) is 0 Å². The van der Waals surface area contributed by atoms with Crippen molar-refractivity contribution in [3.63, 3.8) is 0 Å². The van der Waals surface area contributed by atoms with Gasteiger partial charge in [0.25, 0.3) is 5.91 Å². The van der Waals surface area contributed by atoms with Crippen LogP contribution in [0.3, 0.4) is 0 Å². The molecule has 168 valence electrons. The number of likely N-dealkylation sites (tertiary alicyclic amines) is 1. The fourth-order valence-corrected chi connectivity index (χ4v) is 5.53. The number of amides is 1. The lowest BCUT2D eigenvalue weighted by molar-refractivity contribution is 0.0724. The Balaban J connectivity index is 1.59. The monoisotopic (exact) mass is 466 g/mol. The summed E-state index contributed by atoms with van der Waals surface area (Å²) in [6.07, 6.45) is 7.67. The van der Waals surface area contributed by atoms with Gasteiger partial charge in [-0.25, -0.2) is 0 Å². The van der Waals surface area contributed by atoms with Gasteiger partial charge in [0.15, 0.2) is 0 Å². The first-order valence-electron chi connectivity index (χ1n) is 11.8. The van der Waals surface area contributed by atoms with Gasteiger partial charge in [-0.1, -0.05) is 44.4 Å². The molecule has 1 fully saturated rings. The summed E-state index contributed by atoms with van der Waals surface area (Å²) >= 11 is 8.35. The zero-order valence-corrected chi connectivity index (χ0v) is 20.6. The van der Waals surface area contributed by atoms with E-state index in [1.54, 1.807) is 11.3 Å². The van der Waals surface area contributed by atoms with Crippen molar-refractivity contribution in [3.8, 4) is 21.7 Å². The molecule has 2 aromatic heterocycles. The van der Waals surface area contributed by atoms with Crippen molar-refractivity contribution >= 4 is 28.8 Å². The van der Waals surface area contributed by atoms with E-state index < -0.39 is 0 Å². The molecule has 0 N–H and O–H groups in total. The predicted octanol–water partition coefficient (Wildman–Crippen LogP) is 7.66. The maximum absolute atomic E-state index is 12.8. The number of rotatable bonds is 7. The van der Waals surface area contributed by atoms with E-state index in [1.807, 2.05) is 23.1 Å². The molecule has 0 radical (unpaired) electrons. The van der Waals surface area contributed by atoms with Gasteiger partial charge in [0.1, 0.15) is 0 Å². The summed E-state index contributed by atoms with van der Waals surface area (Å²) in [7, 11) is 0. The average Bonchev–Trinajstić information content (AvgIpc) is 3.29. The number of carbonyl (C=O) groups excluding carboxylic acids is 1. The van der Waals surface area contributed by atoms with Gasteiger partial charge < -0.3 is 4.90 Å². The molecule has 1 saturated heterocycles. The molecule has 1 amide bonds. The standard InChI is InChI=1S/C27H31ClN2OS/c1-3-8-19-14-22(9-4-2)29-25(15-19)26-17-21(18-32-26)23-11-10-20(16-24(23)28)27(31)30-12-6-5-7-13-30/h10-11,14-18H,3-9,12-13H2,1-2H3. The summed E-state index contributed by atoms with van der Waals surface area (Å²) in [4.78, 5) is 20.8. The Bertz CT molecular complexity index is 1060. The van der Waals surface area contributed by atoms with E-state index in [2.05, 4.69) is 37.4 Å². The lowest BCUT2D eigenvalue weighted by Gasteiger charge is -2.26. The summed E-state index contributed by atoms with van der Waals surface area (Å²) in [6, 6.07) is 12.4. The fraction of sp³-hybridized carbons (Fsp3) is 0.407. The summed E-state index contributed by atoms with van der Waals surface area (Å²) in [6.45, 7) is 6.09. The first-order chi connectivity index (χ1) is 15.6. The molecule has 1 aliphatic rings. The van der Waals surface area contributed by atoms with Gasteiger partial charge in [-0.2, -0.15) is 0 Å². The largest absolute Gasteiger partial charge is 0.339 e. The van der Waals surface area contributed by atoms with E-state index in [4.69, 9.17) is 16.6 Å². The highest BCUT2D eigenvalue weighted by Crippen LogP contribution is 2.36. The maximum atomic E-state index is 12.8. The van der Waals surface area contributed by atoms with Gasteiger partial charge in [-0.3, -0.25) is 9.78 Å². The third-order valence-corrected chi connectivity index (χ3v) is 7.27. The number of hydrogen-bond donors (Lipinski definition) is 0. The number of hydrogen-bond acceptors (Lipinski definition) is 3. The van der Waals surface area contributed by atoms with Gasteiger partial charge in [-0.15, -0.1) is 11.3 Å². The van der Waals surface area contributed by atoms with Crippen LogP contribution in [0.15, 0.2) is 41.8 Å². The van der Waals surface area contributed by atoms with Crippen LogP contribution in [0.4, 0.5) is 0 Å². The third kappa shape index (κ3) is 5.24. The summed E-state index contributed by atoms with van der Waals surface area (Å²) in [5, 5.41) is 2.76. The number of pyridine rings is 1. The molecule has 3 aromatic rings. The van der Waals surface area contributed by atoms with Gasteiger partial charge in [0.2, 0.25) is 0 Å². The van der Waals surface area contributed by atoms with Gasteiger partial charge >= 0.3 is 0 Å². The molecule has 1 aliphatic heterocycles. The Labute approximate surface area is 200 Å². The third-order valence-electron chi connectivity index (χ3n) is 6.01. The molecule has 3 heterocycles. The quantitative estimate of drug-likeness (QED) is 0.358. The predicted molar refractivity (Wildman–Crippen MR) is 136 cm³/mol. The molecule has 4 rings (SSSR count). The van der Waals surface area contributed by atoms with Crippen molar-refractivity contribution in [1.82, 2.24) is 9.88 Å². The molecular weight excluding hydrogens is 436 g/mol. The second-order valence-corrected chi connectivity index (χ2v) is 9.92. The molecule has 1 aromatic carbocycles. The lowest BCUT2D eigenvalue weighted by Crippen LogP contribution is -2.35. The molecule has 0 unspecified atom stereocenters. The van der Waals surface area contributed by atoms with Crippen LogP contribution in [0.5, 0.6) is 0 Å². The van der Waals surface area contributed by atoms with Gasteiger partial charge in [0.05, 0.1) is 10.6 Å². The van der Waals surface area contributed by atoms with E-state index in [9.17, 15) is 4.79 Å². The molecule has 0 atom stereocenters. The molecular formula is C27H31ClN2OS. The number of thiophene rings is 1. The minimum absolute atomic E-state index is 0.0875. The SMILES string of the molecule is CCCc1cc(CCC)nc(-c2cc(-c3ccc(C(=O)N4CCCCC4)cc3Cl)cs2)c1. The minimum atomic E-state index is 0.0875. The molecule has 0 spiro atoms. The smallest absolute Gasteiger partial charge is 0.253 e. The number of halogens is 1. The lowest BCUT2D eigenvalue weighted by atomic mass is 10.0. The molecule has 0 aliphatic carbocycles. The van der Waals surface area contributed by atoms with Crippen LogP contribution in [-0.2, 0) is 12.8 Å². The number of carbonyl (C=O) groups is 1. The highest BCUT2D eigenvalue weighted by molar-refractivity contribution is 7.14. The van der Waals surface area contributed by atoms with E-state index in [0.717, 1.165) is 73.3 Å². The van der Waals surface area contributed by atoms with Gasteiger partial charge in [0, 0.05) is 34.9 Å². The first-order valence-corrected chi connectivity index (χ1v) is 13.0. The second kappa shape index (κ2) is 10.6. The highest BCUT2D eigenvalue weighted by Gasteiger charge is 2.19. The van der Waals surface area contributed by atoms with Crippen molar-refractivity contribution in [1.29, 1.82) is 0 Å². The van der Waals surface area contributed by atoms with Crippen molar-refractivity contribution < 1.29 is 4.79 Å². The first kappa shape index (κ1) is 23.0. The van der Waals surface area contributed by atoms with Crippen LogP contribution >= 0.6 is 22.9 Å². The Kier molecular flexibility index (Phi) is 7.64. The molecule has 3 nitrogen and oxygen atoms in total. The Hall–Kier alpha value is -2.17. The number of nitrogens with zero attached hydrogens (tertiary/aromatic N) is 2. The fourth-order valence-electron chi connectivity index (χ4n) is 4.37. The van der Waals surface area contributed by atoms with Gasteiger partial charge in [-0.05, 0) is 78.9 Å². The molecule has 5 heteroatoms. The minimum Gasteiger partial charge on any atom is -0.339 e. The highest BCUT2D eigenvalue weighted by atomic mass is 35.5. The maximum Gasteiger partial charge on any atom is 0.253 e.